The Balaban J connectivity index is 1.65. The third-order valence-corrected chi connectivity index (χ3v) is 4.28. The molecule has 0 spiro atoms. The van der Waals surface area contributed by atoms with E-state index in [0.29, 0.717) is 28.7 Å². The van der Waals surface area contributed by atoms with Crippen LogP contribution in [0, 0.1) is 0 Å². The number of carbonyl (C=O) groups is 1. The molecule has 0 aliphatic rings. The first kappa shape index (κ1) is 19.6. The first-order valence-corrected chi connectivity index (χ1v) is 9.34. The normalized spacial score (nSPS) is 11.3. The lowest BCUT2D eigenvalue weighted by atomic mass is 10.1. The van der Waals surface area contributed by atoms with Crippen LogP contribution in [0.4, 0.5) is 0 Å². The summed E-state index contributed by atoms with van der Waals surface area (Å²) in [5, 5.41) is 11.7. The molecule has 0 bridgehead atoms. The second kappa shape index (κ2) is 9.19. The number of hydrogen-bond donors (Lipinski definition) is 2. The highest BCUT2D eigenvalue weighted by Gasteiger charge is 2.11. The van der Waals surface area contributed by atoms with Gasteiger partial charge in [0.05, 0.1) is 18.0 Å². The molecule has 0 saturated carbocycles. The van der Waals surface area contributed by atoms with Crippen LogP contribution in [0.3, 0.4) is 0 Å². The Kier molecular flexibility index (Phi) is 6.45. The smallest absolute Gasteiger partial charge is 0.289 e. The molecular weight excluding hydrogens is 376 g/mol. The van der Waals surface area contributed by atoms with Crippen molar-refractivity contribution in [2.45, 2.75) is 20.3 Å². The van der Waals surface area contributed by atoms with Gasteiger partial charge in [-0.15, -0.1) is 0 Å². The molecule has 2 aromatic carbocycles. The van der Waals surface area contributed by atoms with Gasteiger partial charge in [-0.1, -0.05) is 30.7 Å². The second-order valence-electron chi connectivity index (χ2n) is 6.18. The molecule has 0 aliphatic carbocycles. The zero-order valence-electron chi connectivity index (χ0n) is 15.7. The van der Waals surface area contributed by atoms with E-state index in [2.05, 4.69) is 27.6 Å². The largest absolute Gasteiger partial charge is 0.494 e. The van der Waals surface area contributed by atoms with E-state index in [4.69, 9.17) is 16.3 Å². The van der Waals surface area contributed by atoms with Gasteiger partial charge in [0.1, 0.15) is 11.4 Å². The Hall–Kier alpha value is -3.12. The third-order valence-electron chi connectivity index (χ3n) is 4.03. The van der Waals surface area contributed by atoms with Gasteiger partial charge in [0.25, 0.3) is 5.91 Å². The van der Waals surface area contributed by atoms with E-state index in [0.717, 1.165) is 23.3 Å². The van der Waals surface area contributed by atoms with E-state index in [-0.39, 0.29) is 5.91 Å². The molecule has 1 aromatic heterocycles. The highest BCUT2D eigenvalue weighted by molar-refractivity contribution is 6.30. The van der Waals surface area contributed by atoms with Gasteiger partial charge in [-0.3, -0.25) is 9.89 Å². The summed E-state index contributed by atoms with van der Waals surface area (Å²) in [7, 11) is 0. The minimum atomic E-state index is -0.366. The molecule has 7 heteroatoms. The summed E-state index contributed by atoms with van der Waals surface area (Å²) in [5.41, 5.74) is 5.97. The number of aromatic amines is 1. The maximum Gasteiger partial charge on any atom is 0.289 e. The van der Waals surface area contributed by atoms with Crippen molar-refractivity contribution in [3.8, 4) is 17.0 Å². The van der Waals surface area contributed by atoms with Gasteiger partial charge in [-0.25, -0.2) is 5.43 Å². The van der Waals surface area contributed by atoms with E-state index in [1.165, 1.54) is 0 Å². The van der Waals surface area contributed by atoms with Gasteiger partial charge in [0, 0.05) is 10.6 Å². The number of hydrogen-bond acceptors (Lipinski definition) is 4. The maximum atomic E-state index is 12.3. The molecule has 0 aliphatic heterocycles. The van der Waals surface area contributed by atoms with Crippen molar-refractivity contribution in [2.24, 2.45) is 5.10 Å². The number of H-pyrrole nitrogens is 1. The van der Waals surface area contributed by atoms with E-state index < -0.39 is 0 Å². The van der Waals surface area contributed by atoms with Gasteiger partial charge in [0.15, 0.2) is 0 Å². The number of nitrogens with one attached hydrogen (secondary N) is 2. The lowest BCUT2D eigenvalue weighted by Gasteiger charge is -2.04. The van der Waals surface area contributed by atoms with Crippen LogP contribution in [0.15, 0.2) is 59.7 Å². The summed E-state index contributed by atoms with van der Waals surface area (Å²) in [4.78, 5) is 12.3. The lowest BCUT2D eigenvalue weighted by molar-refractivity contribution is 0.0950. The summed E-state index contributed by atoms with van der Waals surface area (Å²) in [6.45, 7) is 4.55. The summed E-state index contributed by atoms with van der Waals surface area (Å²) in [6, 6.07) is 16.5. The number of rotatable bonds is 7. The monoisotopic (exact) mass is 396 g/mol. The van der Waals surface area contributed by atoms with Gasteiger partial charge in [-0.2, -0.15) is 10.2 Å². The van der Waals surface area contributed by atoms with Crippen molar-refractivity contribution in [3.05, 3.63) is 70.9 Å². The average molecular weight is 397 g/mol. The molecule has 0 unspecified atom stereocenters. The van der Waals surface area contributed by atoms with Crippen molar-refractivity contribution in [1.29, 1.82) is 0 Å². The first-order valence-electron chi connectivity index (χ1n) is 8.96. The van der Waals surface area contributed by atoms with Crippen LogP contribution >= 0.6 is 11.6 Å². The first-order chi connectivity index (χ1) is 13.6. The molecule has 3 aromatic rings. The van der Waals surface area contributed by atoms with Crippen LogP contribution in [-0.2, 0) is 0 Å². The van der Waals surface area contributed by atoms with Crippen molar-refractivity contribution < 1.29 is 9.53 Å². The summed E-state index contributed by atoms with van der Waals surface area (Å²) >= 11 is 5.88. The molecule has 0 saturated heterocycles. The highest BCUT2D eigenvalue weighted by Crippen LogP contribution is 2.21. The fraction of sp³-hybridized carbons (Fsp3) is 0.190. The second-order valence-corrected chi connectivity index (χ2v) is 6.62. The number of amides is 1. The molecular formula is C21H21ClN4O2. The fourth-order valence-electron chi connectivity index (χ4n) is 2.48. The fourth-order valence-corrected chi connectivity index (χ4v) is 2.60. The van der Waals surface area contributed by atoms with Crippen LogP contribution < -0.4 is 10.2 Å². The molecule has 28 heavy (non-hydrogen) atoms. The molecule has 3 rings (SSSR count). The van der Waals surface area contributed by atoms with E-state index in [1.807, 2.05) is 43.3 Å². The van der Waals surface area contributed by atoms with Crippen LogP contribution in [-0.4, -0.2) is 28.4 Å². The van der Waals surface area contributed by atoms with Gasteiger partial charge < -0.3 is 4.74 Å². The van der Waals surface area contributed by atoms with Crippen LogP contribution in [0.2, 0.25) is 5.02 Å². The summed E-state index contributed by atoms with van der Waals surface area (Å²) in [6.07, 6.45) is 0.958. The summed E-state index contributed by atoms with van der Waals surface area (Å²) in [5.74, 6) is 0.445. The van der Waals surface area contributed by atoms with Crippen molar-refractivity contribution >= 4 is 23.2 Å². The van der Waals surface area contributed by atoms with Crippen LogP contribution in [0.1, 0.15) is 36.3 Å². The molecule has 1 amide bonds. The minimum absolute atomic E-state index is 0.328. The average Bonchev–Trinajstić information content (AvgIpc) is 3.21. The Morgan fingerprint density at radius 3 is 2.57 bits per heavy atom. The number of aromatic nitrogens is 2. The van der Waals surface area contributed by atoms with Crippen molar-refractivity contribution in [2.75, 3.05) is 6.61 Å². The van der Waals surface area contributed by atoms with Gasteiger partial charge in [-0.05, 0) is 61.4 Å². The zero-order chi connectivity index (χ0) is 19.9. The number of benzene rings is 2. The summed E-state index contributed by atoms with van der Waals surface area (Å²) < 4.78 is 5.57. The third kappa shape index (κ3) is 4.98. The topological polar surface area (TPSA) is 79.4 Å². The van der Waals surface area contributed by atoms with Crippen molar-refractivity contribution in [3.63, 3.8) is 0 Å². The quantitative estimate of drug-likeness (QED) is 0.449. The van der Waals surface area contributed by atoms with E-state index in [1.54, 1.807) is 18.2 Å². The van der Waals surface area contributed by atoms with Crippen molar-refractivity contribution in [1.82, 2.24) is 15.6 Å². The standard InChI is InChI=1S/C21H21ClN4O2/c1-3-12-28-18-10-6-16(7-11-18)19-13-20(25-24-19)21(27)26-23-14(2)15-4-8-17(22)9-5-15/h4-11,13H,3,12H2,1-2H3,(H,24,25)(H,26,27)/b23-14+. The Labute approximate surface area is 168 Å². The maximum absolute atomic E-state index is 12.3. The predicted molar refractivity (Wildman–Crippen MR) is 111 cm³/mol. The van der Waals surface area contributed by atoms with Gasteiger partial charge in [0.2, 0.25) is 0 Å². The van der Waals surface area contributed by atoms with E-state index >= 15 is 0 Å². The Morgan fingerprint density at radius 2 is 1.89 bits per heavy atom. The Bertz CT molecular complexity index is 963. The molecule has 144 valence electrons. The SMILES string of the molecule is CCCOc1ccc(-c2cc(C(=O)N/N=C(\C)c3ccc(Cl)cc3)[nH]n2)cc1. The number of hydrazone groups is 1. The van der Waals surface area contributed by atoms with Crippen LogP contribution in [0.25, 0.3) is 11.3 Å². The number of halogens is 1. The number of carbonyl (C=O) groups excluding carboxylic acids is 1. The lowest BCUT2D eigenvalue weighted by Crippen LogP contribution is -2.19. The molecule has 1 heterocycles. The van der Waals surface area contributed by atoms with E-state index in [9.17, 15) is 4.79 Å². The molecule has 2 N–H and O–H groups in total. The minimum Gasteiger partial charge on any atom is -0.494 e. The number of nitrogens with zero attached hydrogens (tertiary/aromatic N) is 2. The molecule has 0 atom stereocenters. The predicted octanol–water partition coefficient (Wildman–Crippen LogP) is 4.67. The van der Waals surface area contributed by atoms with Gasteiger partial charge >= 0.3 is 0 Å². The molecule has 6 nitrogen and oxygen atoms in total. The Morgan fingerprint density at radius 1 is 1.18 bits per heavy atom. The molecule has 0 fully saturated rings. The highest BCUT2D eigenvalue weighted by atomic mass is 35.5. The van der Waals surface area contributed by atoms with Crippen LogP contribution in [0.5, 0.6) is 5.75 Å². The number of ether oxygens (including phenoxy) is 1. The molecule has 0 radical (unpaired) electrons. The zero-order valence-corrected chi connectivity index (χ0v) is 16.5.